The molecule has 1 aliphatic rings. The van der Waals surface area contributed by atoms with Gasteiger partial charge in [0.1, 0.15) is 0 Å². The summed E-state index contributed by atoms with van der Waals surface area (Å²) in [5.41, 5.74) is 0. The Morgan fingerprint density at radius 2 is 2.17 bits per heavy atom. The van der Waals surface area contributed by atoms with Crippen molar-refractivity contribution in [3.8, 4) is 0 Å². The second kappa shape index (κ2) is 9.27. The zero-order chi connectivity index (χ0) is 13.2. The van der Waals surface area contributed by atoms with Crippen LogP contribution in [0, 0.1) is 5.92 Å². The van der Waals surface area contributed by atoms with Gasteiger partial charge in [0.25, 0.3) is 0 Å². The van der Waals surface area contributed by atoms with Crippen molar-refractivity contribution in [1.82, 2.24) is 10.6 Å². The standard InChI is InChI=1S/C12H24N2O4/c1-13-11-9-18-8-10(11)12(15)14-4-3-5-17-7-6-16-2/h10-11,13H,3-9H2,1-2H3,(H,14,15). The summed E-state index contributed by atoms with van der Waals surface area (Å²) in [6, 6.07) is 0.128. The Balaban J connectivity index is 2.03. The van der Waals surface area contributed by atoms with Crippen LogP contribution >= 0.6 is 0 Å². The molecule has 1 amide bonds. The van der Waals surface area contributed by atoms with Crippen LogP contribution in [-0.2, 0) is 19.0 Å². The molecule has 0 aromatic rings. The third-order valence-corrected chi connectivity index (χ3v) is 2.98. The first-order valence-corrected chi connectivity index (χ1v) is 6.39. The second-order valence-corrected chi connectivity index (χ2v) is 4.29. The third kappa shape index (κ3) is 5.30. The zero-order valence-electron chi connectivity index (χ0n) is 11.2. The minimum absolute atomic E-state index is 0.0590. The summed E-state index contributed by atoms with van der Waals surface area (Å²) in [5, 5.41) is 6.00. The highest BCUT2D eigenvalue weighted by Crippen LogP contribution is 2.13. The van der Waals surface area contributed by atoms with Gasteiger partial charge in [0.05, 0.1) is 32.3 Å². The Hall–Kier alpha value is -0.690. The Morgan fingerprint density at radius 1 is 1.33 bits per heavy atom. The number of carbonyl (C=O) groups is 1. The van der Waals surface area contributed by atoms with Crippen molar-refractivity contribution >= 4 is 5.91 Å². The van der Waals surface area contributed by atoms with Crippen LogP contribution in [0.5, 0.6) is 0 Å². The maximum absolute atomic E-state index is 11.9. The molecule has 0 radical (unpaired) electrons. The fourth-order valence-electron chi connectivity index (χ4n) is 1.86. The lowest BCUT2D eigenvalue weighted by Crippen LogP contribution is -2.42. The van der Waals surface area contributed by atoms with Crippen molar-refractivity contribution in [2.45, 2.75) is 12.5 Å². The monoisotopic (exact) mass is 260 g/mol. The molecule has 2 atom stereocenters. The van der Waals surface area contributed by atoms with E-state index in [1.165, 1.54) is 0 Å². The minimum atomic E-state index is -0.0793. The van der Waals surface area contributed by atoms with Gasteiger partial charge in [-0.3, -0.25) is 4.79 Å². The molecular weight excluding hydrogens is 236 g/mol. The average molecular weight is 260 g/mol. The van der Waals surface area contributed by atoms with Gasteiger partial charge in [-0.25, -0.2) is 0 Å². The Kier molecular flexibility index (Phi) is 7.91. The van der Waals surface area contributed by atoms with Crippen molar-refractivity contribution in [3.63, 3.8) is 0 Å². The summed E-state index contributed by atoms with van der Waals surface area (Å²) < 4.78 is 15.5. The number of likely N-dealkylation sites (N-methyl/N-ethyl adjacent to an activating group) is 1. The normalized spacial score (nSPS) is 23.2. The van der Waals surface area contributed by atoms with Crippen molar-refractivity contribution in [3.05, 3.63) is 0 Å². The molecule has 6 heteroatoms. The maximum Gasteiger partial charge on any atom is 0.227 e. The van der Waals surface area contributed by atoms with Gasteiger partial charge in [-0.15, -0.1) is 0 Å². The molecule has 0 aliphatic carbocycles. The van der Waals surface area contributed by atoms with Crippen molar-refractivity contribution < 1.29 is 19.0 Å². The highest BCUT2D eigenvalue weighted by molar-refractivity contribution is 5.79. The van der Waals surface area contributed by atoms with Crippen LogP contribution < -0.4 is 10.6 Å². The van der Waals surface area contributed by atoms with Crippen LogP contribution in [0.3, 0.4) is 0 Å². The van der Waals surface area contributed by atoms with E-state index in [9.17, 15) is 4.79 Å². The molecule has 2 unspecified atom stereocenters. The van der Waals surface area contributed by atoms with Gasteiger partial charge < -0.3 is 24.8 Å². The Labute approximate surface area is 108 Å². The predicted molar refractivity (Wildman–Crippen MR) is 67.5 cm³/mol. The van der Waals surface area contributed by atoms with Crippen LogP contribution in [-0.4, -0.2) is 65.7 Å². The number of hydrogen-bond acceptors (Lipinski definition) is 5. The molecule has 18 heavy (non-hydrogen) atoms. The summed E-state index contributed by atoms with van der Waals surface area (Å²) in [6.45, 7) is 3.59. The SMILES string of the molecule is CNC1COCC1C(=O)NCCCOCCOC. The van der Waals surface area contributed by atoms with E-state index < -0.39 is 0 Å². The summed E-state index contributed by atoms with van der Waals surface area (Å²) in [5.74, 6) is -0.0202. The van der Waals surface area contributed by atoms with E-state index in [4.69, 9.17) is 14.2 Å². The topological polar surface area (TPSA) is 68.8 Å². The molecule has 0 saturated carbocycles. The summed E-state index contributed by atoms with van der Waals surface area (Å²) in [6.07, 6.45) is 0.813. The lowest BCUT2D eigenvalue weighted by atomic mass is 10.0. The van der Waals surface area contributed by atoms with Crippen molar-refractivity contribution in [2.24, 2.45) is 5.92 Å². The first-order chi connectivity index (χ1) is 8.79. The molecule has 1 aliphatic heterocycles. The number of amides is 1. The molecule has 1 heterocycles. The highest BCUT2D eigenvalue weighted by atomic mass is 16.5. The quantitative estimate of drug-likeness (QED) is 0.541. The molecule has 1 saturated heterocycles. The number of methoxy groups -OCH3 is 1. The van der Waals surface area contributed by atoms with Crippen LogP contribution in [0.4, 0.5) is 0 Å². The fraction of sp³-hybridized carbons (Fsp3) is 0.917. The summed E-state index contributed by atoms with van der Waals surface area (Å²) >= 11 is 0. The summed E-state index contributed by atoms with van der Waals surface area (Å²) in [7, 11) is 3.49. The second-order valence-electron chi connectivity index (χ2n) is 4.29. The fourth-order valence-corrected chi connectivity index (χ4v) is 1.86. The van der Waals surface area contributed by atoms with E-state index in [0.717, 1.165) is 6.42 Å². The van der Waals surface area contributed by atoms with Gasteiger partial charge in [-0.05, 0) is 13.5 Å². The minimum Gasteiger partial charge on any atom is -0.382 e. The lowest BCUT2D eigenvalue weighted by molar-refractivity contribution is -0.125. The van der Waals surface area contributed by atoms with E-state index in [2.05, 4.69) is 10.6 Å². The molecule has 1 fully saturated rings. The first kappa shape index (κ1) is 15.4. The van der Waals surface area contributed by atoms with Crippen LogP contribution in [0.2, 0.25) is 0 Å². The average Bonchev–Trinajstić information content (AvgIpc) is 2.85. The van der Waals surface area contributed by atoms with E-state index >= 15 is 0 Å². The third-order valence-electron chi connectivity index (χ3n) is 2.98. The molecule has 2 N–H and O–H groups in total. The van der Waals surface area contributed by atoms with Crippen LogP contribution in [0.25, 0.3) is 0 Å². The molecule has 6 nitrogen and oxygen atoms in total. The first-order valence-electron chi connectivity index (χ1n) is 6.39. The van der Waals surface area contributed by atoms with Crippen molar-refractivity contribution in [2.75, 3.05) is 53.7 Å². The number of rotatable bonds is 9. The highest BCUT2D eigenvalue weighted by Gasteiger charge is 2.32. The number of hydrogen-bond donors (Lipinski definition) is 2. The van der Waals surface area contributed by atoms with Gasteiger partial charge in [-0.1, -0.05) is 0 Å². The molecule has 0 aromatic carbocycles. The van der Waals surface area contributed by atoms with Gasteiger partial charge in [0, 0.05) is 26.3 Å². The van der Waals surface area contributed by atoms with E-state index in [1.807, 2.05) is 7.05 Å². The van der Waals surface area contributed by atoms with Gasteiger partial charge in [0.2, 0.25) is 5.91 Å². The Morgan fingerprint density at radius 3 is 2.89 bits per heavy atom. The van der Waals surface area contributed by atoms with E-state index in [-0.39, 0.29) is 17.9 Å². The summed E-state index contributed by atoms with van der Waals surface area (Å²) in [4.78, 5) is 11.9. The van der Waals surface area contributed by atoms with E-state index in [0.29, 0.717) is 39.6 Å². The van der Waals surface area contributed by atoms with Crippen LogP contribution in [0.1, 0.15) is 6.42 Å². The number of ether oxygens (including phenoxy) is 3. The van der Waals surface area contributed by atoms with Gasteiger partial charge >= 0.3 is 0 Å². The van der Waals surface area contributed by atoms with Crippen LogP contribution in [0.15, 0.2) is 0 Å². The van der Waals surface area contributed by atoms with Gasteiger partial charge in [0.15, 0.2) is 0 Å². The lowest BCUT2D eigenvalue weighted by Gasteiger charge is -2.16. The maximum atomic E-state index is 11.9. The van der Waals surface area contributed by atoms with Gasteiger partial charge in [-0.2, -0.15) is 0 Å². The van der Waals surface area contributed by atoms with Crippen molar-refractivity contribution in [1.29, 1.82) is 0 Å². The molecule has 0 spiro atoms. The smallest absolute Gasteiger partial charge is 0.227 e. The van der Waals surface area contributed by atoms with E-state index in [1.54, 1.807) is 7.11 Å². The predicted octanol–water partition coefficient (Wildman–Crippen LogP) is -0.610. The molecule has 0 bridgehead atoms. The molecule has 0 aromatic heterocycles. The molecular formula is C12H24N2O4. The largest absolute Gasteiger partial charge is 0.382 e. The zero-order valence-corrected chi connectivity index (χ0v) is 11.2. The molecule has 106 valence electrons. The molecule has 1 rings (SSSR count). The number of carbonyl (C=O) groups excluding carboxylic acids is 1. The number of nitrogens with one attached hydrogen (secondary N) is 2. The Bertz CT molecular complexity index is 238.